The van der Waals surface area contributed by atoms with Crippen LogP contribution in [0.1, 0.15) is 38.3 Å². The summed E-state index contributed by atoms with van der Waals surface area (Å²) in [5.74, 6) is 1.35. The Morgan fingerprint density at radius 1 is 1.33 bits per heavy atom. The van der Waals surface area contributed by atoms with Crippen LogP contribution >= 0.6 is 0 Å². The molecule has 1 aliphatic heterocycles. The normalized spacial score (nSPS) is 22.5. The van der Waals surface area contributed by atoms with Gasteiger partial charge in [0.05, 0.1) is 25.2 Å². The molecule has 0 radical (unpaired) electrons. The molecule has 1 saturated carbocycles. The van der Waals surface area contributed by atoms with Crippen LogP contribution in [0.2, 0.25) is 0 Å². The van der Waals surface area contributed by atoms with Gasteiger partial charge in [-0.2, -0.15) is 0 Å². The van der Waals surface area contributed by atoms with E-state index in [-0.39, 0.29) is 5.91 Å². The Morgan fingerprint density at radius 3 is 2.86 bits per heavy atom. The van der Waals surface area contributed by atoms with Gasteiger partial charge in [0.1, 0.15) is 0 Å². The summed E-state index contributed by atoms with van der Waals surface area (Å²) in [6.07, 6.45) is 8.29. The Balaban J connectivity index is 1.60. The predicted molar refractivity (Wildman–Crippen MR) is 79.6 cm³/mol. The van der Waals surface area contributed by atoms with Crippen molar-refractivity contribution in [2.24, 2.45) is 11.8 Å². The highest BCUT2D eigenvalue weighted by molar-refractivity contribution is 5.75. The van der Waals surface area contributed by atoms with Crippen molar-refractivity contribution in [2.45, 2.75) is 45.7 Å². The van der Waals surface area contributed by atoms with Gasteiger partial charge >= 0.3 is 0 Å². The third-order valence-corrected chi connectivity index (χ3v) is 4.67. The van der Waals surface area contributed by atoms with Gasteiger partial charge in [0, 0.05) is 38.2 Å². The van der Waals surface area contributed by atoms with Gasteiger partial charge < -0.3 is 14.2 Å². The first-order chi connectivity index (χ1) is 10.3. The van der Waals surface area contributed by atoms with E-state index in [2.05, 4.69) is 9.55 Å². The lowest BCUT2D eigenvalue weighted by Gasteiger charge is -2.27. The molecule has 21 heavy (non-hydrogen) atoms. The molecule has 5 nitrogen and oxygen atoms in total. The second kappa shape index (κ2) is 6.60. The van der Waals surface area contributed by atoms with Crippen molar-refractivity contribution in [3.63, 3.8) is 0 Å². The number of fused-ring (bicyclic) bond motifs is 1. The lowest BCUT2D eigenvalue weighted by molar-refractivity contribution is -0.132. The molecule has 5 heteroatoms. The Morgan fingerprint density at radius 2 is 2.14 bits per heavy atom. The third kappa shape index (κ3) is 3.46. The van der Waals surface area contributed by atoms with Crippen LogP contribution in [0.25, 0.3) is 0 Å². The summed E-state index contributed by atoms with van der Waals surface area (Å²) in [6.45, 7) is 5.90. The summed E-state index contributed by atoms with van der Waals surface area (Å²) in [5, 5.41) is 0. The maximum Gasteiger partial charge on any atom is 0.222 e. The smallest absolute Gasteiger partial charge is 0.222 e. The first-order valence-electron chi connectivity index (χ1n) is 8.10. The number of rotatable bonds is 5. The van der Waals surface area contributed by atoms with Gasteiger partial charge in [0.2, 0.25) is 5.91 Å². The number of hydrogen-bond donors (Lipinski definition) is 0. The zero-order chi connectivity index (χ0) is 14.7. The second-order valence-corrected chi connectivity index (χ2v) is 6.37. The molecule has 0 saturated heterocycles. The minimum atomic E-state index is 0.216. The predicted octanol–water partition coefficient (Wildman–Crippen LogP) is 2.07. The summed E-state index contributed by atoms with van der Waals surface area (Å²) in [7, 11) is 0. The fraction of sp³-hybridized carbons (Fsp3) is 0.750. The van der Waals surface area contributed by atoms with E-state index >= 15 is 0 Å². The quantitative estimate of drug-likeness (QED) is 0.834. The molecular formula is C16H25N3O2. The van der Waals surface area contributed by atoms with Crippen LogP contribution in [-0.2, 0) is 22.6 Å². The van der Waals surface area contributed by atoms with Gasteiger partial charge in [0.25, 0.3) is 0 Å². The molecule has 1 aliphatic carbocycles. The standard InChI is InChI=1S/C16H25N3O2/c1-2-16(20)18-7-14(11-21-10-13-4-3-5-13)8-19-12-17-6-15(19)9-18/h6,12-14H,2-5,7-11H2,1H3/t14-/m0/s1. The first kappa shape index (κ1) is 14.6. The zero-order valence-corrected chi connectivity index (χ0v) is 12.8. The highest BCUT2D eigenvalue weighted by Crippen LogP contribution is 2.26. The van der Waals surface area contributed by atoms with Gasteiger partial charge in [-0.25, -0.2) is 4.98 Å². The van der Waals surface area contributed by atoms with E-state index in [0.717, 1.165) is 37.9 Å². The highest BCUT2D eigenvalue weighted by atomic mass is 16.5. The van der Waals surface area contributed by atoms with Crippen LogP contribution in [0.5, 0.6) is 0 Å². The molecule has 2 aliphatic rings. The van der Waals surface area contributed by atoms with E-state index in [1.165, 1.54) is 19.3 Å². The lowest BCUT2D eigenvalue weighted by Crippen LogP contribution is -2.35. The molecule has 0 unspecified atom stereocenters. The molecule has 1 atom stereocenters. The summed E-state index contributed by atoms with van der Waals surface area (Å²) in [5.41, 5.74) is 1.12. The maximum absolute atomic E-state index is 12.1. The Bertz CT molecular complexity index is 482. The molecule has 0 spiro atoms. The molecule has 0 bridgehead atoms. The molecule has 1 aromatic rings. The monoisotopic (exact) mass is 291 g/mol. The van der Waals surface area contributed by atoms with Crippen LogP contribution in [0.4, 0.5) is 0 Å². The molecule has 1 amide bonds. The van der Waals surface area contributed by atoms with Gasteiger partial charge in [-0.1, -0.05) is 13.3 Å². The average Bonchev–Trinajstić information content (AvgIpc) is 2.79. The number of imidazole rings is 1. The van der Waals surface area contributed by atoms with E-state index < -0.39 is 0 Å². The number of carbonyl (C=O) groups excluding carboxylic acids is 1. The fourth-order valence-corrected chi connectivity index (χ4v) is 3.13. The number of amides is 1. The van der Waals surface area contributed by atoms with Crippen molar-refractivity contribution in [2.75, 3.05) is 19.8 Å². The van der Waals surface area contributed by atoms with Gasteiger partial charge in [-0.05, 0) is 18.8 Å². The number of aromatic nitrogens is 2. The van der Waals surface area contributed by atoms with Crippen molar-refractivity contribution in [1.29, 1.82) is 0 Å². The Kier molecular flexibility index (Phi) is 4.58. The Labute approximate surface area is 126 Å². The molecule has 1 aromatic heterocycles. The molecule has 3 rings (SSSR count). The SMILES string of the molecule is CCC(=O)N1Cc2cncn2C[C@@H](COCC2CCC2)C1. The minimum absolute atomic E-state index is 0.216. The molecule has 0 N–H and O–H groups in total. The Hall–Kier alpha value is -1.36. The van der Waals surface area contributed by atoms with Crippen LogP contribution < -0.4 is 0 Å². The van der Waals surface area contributed by atoms with Crippen LogP contribution in [-0.4, -0.2) is 40.1 Å². The van der Waals surface area contributed by atoms with Crippen LogP contribution in [0.3, 0.4) is 0 Å². The van der Waals surface area contributed by atoms with Gasteiger partial charge in [-0.15, -0.1) is 0 Å². The molecular weight excluding hydrogens is 266 g/mol. The summed E-state index contributed by atoms with van der Waals surface area (Å²) >= 11 is 0. The molecule has 0 aromatic carbocycles. The van der Waals surface area contributed by atoms with Gasteiger partial charge in [-0.3, -0.25) is 4.79 Å². The van der Waals surface area contributed by atoms with Crippen molar-refractivity contribution in [3.8, 4) is 0 Å². The van der Waals surface area contributed by atoms with E-state index in [1.807, 2.05) is 24.3 Å². The van der Waals surface area contributed by atoms with Crippen molar-refractivity contribution in [3.05, 3.63) is 18.2 Å². The lowest BCUT2D eigenvalue weighted by atomic mass is 9.86. The van der Waals surface area contributed by atoms with E-state index in [1.54, 1.807) is 0 Å². The fourth-order valence-electron chi connectivity index (χ4n) is 3.13. The number of ether oxygens (including phenoxy) is 1. The molecule has 1 fully saturated rings. The van der Waals surface area contributed by atoms with E-state index in [9.17, 15) is 4.79 Å². The summed E-state index contributed by atoms with van der Waals surface area (Å²) in [4.78, 5) is 18.3. The largest absolute Gasteiger partial charge is 0.381 e. The number of carbonyl (C=O) groups is 1. The van der Waals surface area contributed by atoms with E-state index in [0.29, 0.717) is 18.9 Å². The maximum atomic E-state index is 12.1. The topological polar surface area (TPSA) is 47.4 Å². The number of nitrogens with zero attached hydrogens (tertiary/aromatic N) is 3. The van der Waals surface area contributed by atoms with Crippen molar-refractivity contribution >= 4 is 5.91 Å². The van der Waals surface area contributed by atoms with E-state index in [4.69, 9.17) is 4.74 Å². The summed E-state index contributed by atoms with van der Waals surface area (Å²) < 4.78 is 8.08. The zero-order valence-electron chi connectivity index (χ0n) is 12.8. The van der Waals surface area contributed by atoms with Crippen LogP contribution in [0, 0.1) is 11.8 Å². The highest BCUT2D eigenvalue weighted by Gasteiger charge is 2.25. The molecule has 116 valence electrons. The minimum Gasteiger partial charge on any atom is -0.381 e. The summed E-state index contributed by atoms with van der Waals surface area (Å²) in [6, 6.07) is 0. The van der Waals surface area contributed by atoms with Gasteiger partial charge in [0.15, 0.2) is 0 Å². The average molecular weight is 291 g/mol. The number of hydrogen-bond acceptors (Lipinski definition) is 3. The van der Waals surface area contributed by atoms with Crippen molar-refractivity contribution < 1.29 is 9.53 Å². The second-order valence-electron chi connectivity index (χ2n) is 6.37. The van der Waals surface area contributed by atoms with Crippen molar-refractivity contribution in [1.82, 2.24) is 14.5 Å². The molecule has 2 heterocycles. The van der Waals surface area contributed by atoms with Crippen LogP contribution in [0.15, 0.2) is 12.5 Å². The first-order valence-corrected chi connectivity index (χ1v) is 8.10. The third-order valence-electron chi connectivity index (χ3n) is 4.67.